The molecular weight excluding hydrogens is 300 g/mol. The number of hydrogen-bond acceptors (Lipinski definition) is 2. The molecule has 0 aromatic heterocycles. The number of allylic oxidation sites excluding steroid dienone is 2. The first kappa shape index (κ1) is 16.2. The Hall–Kier alpha value is -2.68. The number of aromatic carboxylic acids is 1. The molecule has 0 unspecified atom stereocenters. The van der Waals surface area contributed by atoms with Crippen LogP contribution in [0.15, 0.2) is 48.5 Å². The van der Waals surface area contributed by atoms with Gasteiger partial charge in [0, 0.05) is 11.1 Å². The van der Waals surface area contributed by atoms with E-state index in [0.717, 1.165) is 12.0 Å². The van der Waals surface area contributed by atoms with Crippen LogP contribution < -0.4 is 0 Å². The van der Waals surface area contributed by atoms with Crippen molar-refractivity contribution in [3.05, 3.63) is 76.4 Å². The Bertz CT molecular complexity index is 855. The van der Waals surface area contributed by atoms with Crippen LogP contribution in [0.25, 0.3) is 5.57 Å². The van der Waals surface area contributed by atoms with Crippen LogP contribution in [0.5, 0.6) is 0 Å². The molecule has 0 spiro atoms. The molecule has 0 fully saturated rings. The maximum absolute atomic E-state index is 12.7. The van der Waals surface area contributed by atoms with E-state index in [-0.39, 0.29) is 16.8 Å². The highest BCUT2D eigenvalue weighted by Gasteiger charge is 2.27. The minimum Gasteiger partial charge on any atom is -0.478 e. The normalized spacial score (nSPS) is 15.4. The van der Waals surface area contributed by atoms with Gasteiger partial charge < -0.3 is 5.11 Å². The second-order valence-corrected chi connectivity index (χ2v) is 6.95. The summed E-state index contributed by atoms with van der Waals surface area (Å²) in [5.41, 5.74) is 4.95. The van der Waals surface area contributed by atoms with Gasteiger partial charge in [-0.25, -0.2) is 4.79 Å². The summed E-state index contributed by atoms with van der Waals surface area (Å²) in [4.78, 5) is 23.6. The summed E-state index contributed by atoms with van der Waals surface area (Å²) in [6.07, 6.45) is 3.22. The highest BCUT2D eigenvalue weighted by Crippen LogP contribution is 2.39. The first-order chi connectivity index (χ1) is 11.3. The number of carboxylic acids is 1. The number of hydrogen-bond donors (Lipinski definition) is 1. The van der Waals surface area contributed by atoms with Gasteiger partial charge in [-0.05, 0) is 53.7 Å². The topological polar surface area (TPSA) is 54.4 Å². The maximum atomic E-state index is 12.7. The van der Waals surface area contributed by atoms with E-state index in [1.165, 1.54) is 23.3 Å². The van der Waals surface area contributed by atoms with Crippen molar-refractivity contribution in [3.63, 3.8) is 0 Å². The largest absolute Gasteiger partial charge is 0.478 e. The summed E-state index contributed by atoms with van der Waals surface area (Å²) in [5, 5.41) is 8.95. The molecule has 1 aliphatic carbocycles. The SMILES string of the molecule is CC1=CCC(C)(C)c2ccc(C(=O)c3ccc(C(=O)O)cc3)cc21. The summed E-state index contributed by atoms with van der Waals surface area (Å²) < 4.78 is 0. The summed E-state index contributed by atoms with van der Waals surface area (Å²) in [7, 11) is 0. The van der Waals surface area contributed by atoms with Gasteiger partial charge in [0.15, 0.2) is 5.78 Å². The quantitative estimate of drug-likeness (QED) is 0.834. The van der Waals surface area contributed by atoms with E-state index >= 15 is 0 Å². The summed E-state index contributed by atoms with van der Waals surface area (Å²) in [5.74, 6) is -1.09. The molecule has 2 aromatic carbocycles. The van der Waals surface area contributed by atoms with E-state index in [9.17, 15) is 9.59 Å². The molecular formula is C21H20O3. The second kappa shape index (κ2) is 5.75. The van der Waals surface area contributed by atoms with Crippen molar-refractivity contribution in [1.29, 1.82) is 0 Å². The van der Waals surface area contributed by atoms with Crippen LogP contribution in [0.2, 0.25) is 0 Å². The van der Waals surface area contributed by atoms with Crippen LogP contribution in [-0.2, 0) is 5.41 Å². The molecule has 1 aliphatic rings. The van der Waals surface area contributed by atoms with Crippen molar-refractivity contribution >= 4 is 17.3 Å². The van der Waals surface area contributed by atoms with E-state index in [4.69, 9.17) is 5.11 Å². The van der Waals surface area contributed by atoms with Crippen molar-refractivity contribution in [2.75, 3.05) is 0 Å². The third-order valence-electron chi connectivity index (χ3n) is 4.75. The lowest BCUT2D eigenvalue weighted by molar-refractivity contribution is 0.0696. The molecule has 0 radical (unpaired) electrons. The third kappa shape index (κ3) is 2.78. The summed E-state index contributed by atoms with van der Waals surface area (Å²) in [6, 6.07) is 11.9. The fraction of sp³-hybridized carbons (Fsp3) is 0.238. The fourth-order valence-electron chi connectivity index (χ4n) is 3.16. The average molecular weight is 320 g/mol. The van der Waals surface area contributed by atoms with Gasteiger partial charge in [-0.3, -0.25) is 4.79 Å². The minimum atomic E-state index is -0.995. The Morgan fingerprint density at radius 1 is 0.958 bits per heavy atom. The van der Waals surface area contributed by atoms with E-state index in [2.05, 4.69) is 26.8 Å². The van der Waals surface area contributed by atoms with Crippen LogP contribution in [0.4, 0.5) is 0 Å². The number of fused-ring (bicyclic) bond motifs is 1. The van der Waals surface area contributed by atoms with Gasteiger partial charge in [0.1, 0.15) is 0 Å². The molecule has 0 aliphatic heterocycles. The van der Waals surface area contributed by atoms with E-state index in [1.807, 2.05) is 18.2 Å². The number of rotatable bonds is 3. The Morgan fingerprint density at radius 3 is 2.17 bits per heavy atom. The van der Waals surface area contributed by atoms with Crippen LogP contribution in [0, 0.1) is 0 Å². The van der Waals surface area contributed by atoms with Crippen molar-refractivity contribution in [2.45, 2.75) is 32.6 Å². The van der Waals surface area contributed by atoms with Gasteiger partial charge in [0.25, 0.3) is 0 Å². The highest BCUT2D eigenvalue weighted by molar-refractivity contribution is 6.09. The molecule has 122 valence electrons. The van der Waals surface area contributed by atoms with Gasteiger partial charge in [0.2, 0.25) is 0 Å². The van der Waals surface area contributed by atoms with E-state index in [1.54, 1.807) is 12.1 Å². The molecule has 0 saturated carbocycles. The van der Waals surface area contributed by atoms with Crippen LogP contribution in [0.1, 0.15) is 64.6 Å². The fourth-order valence-corrected chi connectivity index (χ4v) is 3.16. The lowest BCUT2D eigenvalue weighted by Gasteiger charge is -2.31. The van der Waals surface area contributed by atoms with Gasteiger partial charge >= 0.3 is 5.97 Å². The smallest absolute Gasteiger partial charge is 0.335 e. The van der Waals surface area contributed by atoms with Gasteiger partial charge in [-0.2, -0.15) is 0 Å². The molecule has 0 bridgehead atoms. The highest BCUT2D eigenvalue weighted by atomic mass is 16.4. The number of benzene rings is 2. The molecule has 0 atom stereocenters. The number of ketones is 1. The Balaban J connectivity index is 1.99. The molecule has 0 heterocycles. The zero-order chi connectivity index (χ0) is 17.5. The molecule has 3 heteroatoms. The second-order valence-electron chi connectivity index (χ2n) is 6.95. The summed E-state index contributed by atoms with van der Waals surface area (Å²) >= 11 is 0. The molecule has 24 heavy (non-hydrogen) atoms. The van der Waals surface area contributed by atoms with Gasteiger partial charge in [-0.1, -0.05) is 44.2 Å². The summed E-state index contributed by atoms with van der Waals surface area (Å²) in [6.45, 7) is 6.49. The molecule has 0 amide bonds. The average Bonchev–Trinajstić information content (AvgIpc) is 2.57. The molecule has 1 N–H and O–H groups in total. The number of carbonyl (C=O) groups excluding carboxylic acids is 1. The van der Waals surface area contributed by atoms with Crippen molar-refractivity contribution in [3.8, 4) is 0 Å². The van der Waals surface area contributed by atoms with E-state index < -0.39 is 5.97 Å². The Morgan fingerprint density at radius 2 is 1.54 bits per heavy atom. The molecule has 3 nitrogen and oxygen atoms in total. The maximum Gasteiger partial charge on any atom is 0.335 e. The Kier molecular flexibility index (Phi) is 3.88. The van der Waals surface area contributed by atoms with Gasteiger partial charge in [0.05, 0.1) is 5.56 Å². The predicted molar refractivity (Wildman–Crippen MR) is 94.6 cm³/mol. The van der Waals surface area contributed by atoms with Crippen LogP contribution in [0.3, 0.4) is 0 Å². The molecule has 2 aromatic rings. The minimum absolute atomic E-state index is 0.0690. The zero-order valence-corrected chi connectivity index (χ0v) is 14.1. The first-order valence-corrected chi connectivity index (χ1v) is 7.99. The lowest BCUT2D eigenvalue weighted by atomic mass is 9.73. The van der Waals surface area contributed by atoms with Crippen molar-refractivity contribution in [2.24, 2.45) is 0 Å². The standard InChI is InChI=1S/C21H20O3/c1-13-10-11-21(2,3)18-9-8-16(12-17(13)18)19(22)14-4-6-15(7-5-14)20(23)24/h4-10,12H,11H2,1-3H3,(H,23,24). The first-order valence-electron chi connectivity index (χ1n) is 7.99. The third-order valence-corrected chi connectivity index (χ3v) is 4.75. The monoisotopic (exact) mass is 320 g/mol. The van der Waals surface area contributed by atoms with Crippen LogP contribution in [-0.4, -0.2) is 16.9 Å². The number of carboxylic acid groups (broad SMARTS) is 1. The van der Waals surface area contributed by atoms with Gasteiger partial charge in [-0.15, -0.1) is 0 Å². The molecule has 3 rings (SSSR count). The van der Waals surface area contributed by atoms with Crippen molar-refractivity contribution in [1.82, 2.24) is 0 Å². The van der Waals surface area contributed by atoms with Crippen molar-refractivity contribution < 1.29 is 14.7 Å². The lowest BCUT2D eigenvalue weighted by Crippen LogP contribution is -2.21. The molecule has 0 saturated heterocycles. The zero-order valence-electron chi connectivity index (χ0n) is 14.1. The Labute approximate surface area is 141 Å². The van der Waals surface area contributed by atoms with Crippen LogP contribution >= 0.6 is 0 Å². The predicted octanol–water partition coefficient (Wildman–Crippen LogP) is 4.70. The number of carbonyl (C=O) groups is 2. The van der Waals surface area contributed by atoms with E-state index in [0.29, 0.717) is 11.1 Å².